The topological polar surface area (TPSA) is 0 Å². The third-order valence-electron chi connectivity index (χ3n) is 0.742. The van der Waals surface area contributed by atoms with E-state index < -0.39 is 0 Å². The second-order valence-corrected chi connectivity index (χ2v) is 1.47. The maximum atomic E-state index is 5.11. The first-order chi connectivity index (χ1) is 3.91. The number of rotatable bonds is 4. The maximum absolute atomic E-state index is 5.11. The summed E-state index contributed by atoms with van der Waals surface area (Å²) < 4.78 is 0. The van der Waals surface area contributed by atoms with Gasteiger partial charge in [0, 0.05) is 0 Å². The molecule has 0 fully saturated rings. The van der Waals surface area contributed by atoms with Crippen LogP contribution in [0.5, 0.6) is 0 Å². The van der Waals surface area contributed by atoms with Gasteiger partial charge in [-0.2, -0.15) is 0 Å². The Morgan fingerprint density at radius 1 is 1.25 bits per heavy atom. The van der Waals surface area contributed by atoms with Crippen LogP contribution in [0.3, 0.4) is 0 Å². The van der Waals surface area contributed by atoms with Gasteiger partial charge in [0.05, 0.1) is 0 Å². The van der Waals surface area contributed by atoms with E-state index in [1.807, 2.05) is 18.2 Å². The molecule has 0 amide bonds. The lowest BCUT2D eigenvalue weighted by molar-refractivity contribution is 1.32. The second kappa shape index (κ2) is 6.22. The molecule has 1 radical (unpaired) electrons. The zero-order chi connectivity index (χ0) is 6.24. The fraction of sp³-hybridized carbons (Fsp3) is 0.250. The monoisotopic (exact) mass is 107 g/mol. The lowest BCUT2D eigenvalue weighted by Crippen LogP contribution is -1.56. The van der Waals surface area contributed by atoms with Gasteiger partial charge < -0.3 is 0 Å². The van der Waals surface area contributed by atoms with Crippen LogP contribution in [0.25, 0.3) is 0 Å². The van der Waals surface area contributed by atoms with E-state index in [4.69, 9.17) is 6.58 Å². The van der Waals surface area contributed by atoms with Crippen molar-refractivity contribution < 1.29 is 0 Å². The Morgan fingerprint density at radius 2 is 1.88 bits per heavy atom. The Labute approximate surface area is 51.2 Å². The summed E-state index contributed by atoms with van der Waals surface area (Å²) >= 11 is 0. The first-order valence-electron chi connectivity index (χ1n) is 2.71. The van der Waals surface area contributed by atoms with Crippen molar-refractivity contribution in [3.8, 4) is 0 Å². The molecule has 0 atom stereocenters. The number of hydrogen-bond donors (Lipinski definition) is 0. The minimum absolute atomic E-state index is 0.855. The van der Waals surface area contributed by atoms with Crippen molar-refractivity contribution in [3.05, 3.63) is 37.5 Å². The van der Waals surface area contributed by atoms with Crippen molar-refractivity contribution in [1.82, 2.24) is 0 Å². The average Bonchev–Trinajstić information content (AvgIpc) is 1.81. The fourth-order valence-corrected chi connectivity index (χ4v) is 0.367. The molecular formula is C8H11. The summed E-state index contributed by atoms with van der Waals surface area (Å²) in [6, 6.07) is 0. The van der Waals surface area contributed by atoms with E-state index >= 15 is 0 Å². The molecule has 0 aliphatic carbocycles. The van der Waals surface area contributed by atoms with Gasteiger partial charge in [-0.15, -0.1) is 6.58 Å². The summed E-state index contributed by atoms with van der Waals surface area (Å²) in [5.41, 5.74) is 0. The molecule has 0 saturated heterocycles. The summed E-state index contributed by atoms with van der Waals surface area (Å²) in [7, 11) is 0. The van der Waals surface area contributed by atoms with E-state index in [-0.39, 0.29) is 0 Å². The van der Waals surface area contributed by atoms with Gasteiger partial charge in [-0.3, -0.25) is 0 Å². The van der Waals surface area contributed by atoms with Crippen LogP contribution in [0.15, 0.2) is 30.9 Å². The molecule has 0 bridgehead atoms. The van der Waals surface area contributed by atoms with Gasteiger partial charge in [-0.05, 0) is 12.8 Å². The highest BCUT2D eigenvalue weighted by Gasteiger charge is 1.65. The van der Waals surface area contributed by atoms with Gasteiger partial charge >= 0.3 is 0 Å². The van der Waals surface area contributed by atoms with Crippen LogP contribution >= 0.6 is 0 Å². The molecule has 0 aromatic heterocycles. The van der Waals surface area contributed by atoms with Gasteiger partial charge in [0.15, 0.2) is 0 Å². The van der Waals surface area contributed by atoms with Crippen molar-refractivity contribution >= 4 is 0 Å². The van der Waals surface area contributed by atoms with E-state index in [1.54, 1.807) is 6.08 Å². The van der Waals surface area contributed by atoms with Crippen LogP contribution in [-0.2, 0) is 0 Å². The Kier molecular flexibility index (Phi) is 5.61. The summed E-state index contributed by atoms with van der Waals surface area (Å²) in [5, 5.41) is 0. The van der Waals surface area contributed by atoms with E-state index in [9.17, 15) is 0 Å². The lowest BCUT2D eigenvalue weighted by atomic mass is 10.3. The predicted octanol–water partition coefficient (Wildman–Crippen LogP) is 2.50. The average molecular weight is 107 g/mol. The molecular weight excluding hydrogens is 96.1 g/mol. The van der Waals surface area contributed by atoms with Crippen LogP contribution in [0.2, 0.25) is 0 Å². The van der Waals surface area contributed by atoms with Gasteiger partial charge in [0.1, 0.15) is 0 Å². The quantitative estimate of drug-likeness (QED) is 0.484. The molecule has 0 aromatic carbocycles. The predicted molar refractivity (Wildman–Crippen MR) is 37.4 cm³/mol. The fourth-order valence-electron chi connectivity index (χ4n) is 0.367. The molecule has 0 nitrogen and oxygen atoms in total. The summed E-state index contributed by atoms with van der Waals surface area (Å²) in [5.74, 6) is 0. The van der Waals surface area contributed by atoms with Gasteiger partial charge in [0.25, 0.3) is 0 Å². The molecule has 0 aromatic rings. The molecule has 43 valence electrons. The molecule has 0 unspecified atom stereocenters. The normalized spacial score (nSPS) is 9.50. The molecule has 0 spiro atoms. The molecule has 0 N–H and O–H groups in total. The van der Waals surface area contributed by atoms with Gasteiger partial charge in [0.2, 0.25) is 0 Å². The standard InChI is InChI=1S/C8H11/c1-3-5-7-8-6-4-2/h1,3-4,7-8H,2,5-6H2/b3-1?,8-7+. The highest BCUT2D eigenvalue weighted by Crippen LogP contribution is 1.86. The summed E-state index contributed by atoms with van der Waals surface area (Å²) in [6.07, 6.45) is 9.33. The minimum atomic E-state index is 0.855. The zero-order valence-electron chi connectivity index (χ0n) is 5.01. The number of allylic oxidation sites excluding steroid dienone is 4. The van der Waals surface area contributed by atoms with Crippen LogP contribution in [-0.4, -0.2) is 0 Å². The van der Waals surface area contributed by atoms with Crippen molar-refractivity contribution in [3.63, 3.8) is 0 Å². The number of hydrogen-bond acceptors (Lipinski definition) is 0. The van der Waals surface area contributed by atoms with E-state index in [0.717, 1.165) is 12.8 Å². The van der Waals surface area contributed by atoms with Crippen LogP contribution < -0.4 is 0 Å². The molecule has 0 rings (SSSR count). The third kappa shape index (κ3) is 5.22. The van der Waals surface area contributed by atoms with E-state index in [1.165, 1.54) is 0 Å². The van der Waals surface area contributed by atoms with Crippen molar-refractivity contribution in [1.29, 1.82) is 0 Å². The SMILES string of the molecule is [CH]=CC/C=C/CC=C. The maximum Gasteiger partial charge on any atom is -0.0166 e. The highest BCUT2D eigenvalue weighted by molar-refractivity contribution is 4.91. The Balaban J connectivity index is 3.06. The van der Waals surface area contributed by atoms with Crippen LogP contribution in [0.4, 0.5) is 0 Å². The Hall–Kier alpha value is -0.780. The summed E-state index contributed by atoms with van der Waals surface area (Å²) in [4.78, 5) is 0. The zero-order valence-corrected chi connectivity index (χ0v) is 5.01. The van der Waals surface area contributed by atoms with Crippen molar-refractivity contribution in [2.24, 2.45) is 0 Å². The van der Waals surface area contributed by atoms with E-state index in [0.29, 0.717) is 0 Å². The lowest BCUT2D eigenvalue weighted by Gasteiger charge is -1.76. The van der Waals surface area contributed by atoms with Gasteiger partial charge in [-0.25, -0.2) is 0 Å². The van der Waals surface area contributed by atoms with Gasteiger partial charge in [-0.1, -0.05) is 30.9 Å². The molecule has 0 aliphatic heterocycles. The molecule has 0 saturated carbocycles. The minimum Gasteiger partial charge on any atom is -0.103 e. The Bertz CT molecular complexity index is 76.2. The van der Waals surface area contributed by atoms with Crippen LogP contribution in [0.1, 0.15) is 12.8 Å². The largest absolute Gasteiger partial charge is 0.103 e. The smallest absolute Gasteiger partial charge is 0.0166 e. The molecule has 0 aliphatic rings. The molecule has 0 heterocycles. The summed E-state index contributed by atoms with van der Waals surface area (Å²) in [6.45, 7) is 8.67. The van der Waals surface area contributed by atoms with Crippen molar-refractivity contribution in [2.45, 2.75) is 12.8 Å². The first-order valence-corrected chi connectivity index (χ1v) is 2.71. The van der Waals surface area contributed by atoms with Crippen LogP contribution in [0, 0.1) is 6.58 Å². The Morgan fingerprint density at radius 3 is 2.38 bits per heavy atom. The van der Waals surface area contributed by atoms with Crippen molar-refractivity contribution in [2.75, 3.05) is 0 Å². The second-order valence-electron chi connectivity index (χ2n) is 1.47. The molecule has 8 heavy (non-hydrogen) atoms. The van der Waals surface area contributed by atoms with E-state index in [2.05, 4.69) is 6.58 Å². The molecule has 0 heteroatoms. The highest BCUT2D eigenvalue weighted by atomic mass is 13.7. The first kappa shape index (κ1) is 7.22. The third-order valence-corrected chi connectivity index (χ3v) is 0.742.